The van der Waals surface area contributed by atoms with Gasteiger partial charge in [-0.1, -0.05) is 30.3 Å². The highest BCUT2D eigenvalue weighted by Crippen LogP contribution is 2.33. The molecule has 1 aromatic carbocycles. The first-order valence-electron chi connectivity index (χ1n) is 9.49. The Kier molecular flexibility index (Phi) is 5.11. The van der Waals surface area contributed by atoms with Crippen LogP contribution in [-0.4, -0.2) is 54.5 Å². The van der Waals surface area contributed by atoms with Crippen LogP contribution < -0.4 is 5.32 Å². The minimum absolute atomic E-state index is 0.136. The SMILES string of the molecule is CN1CCN(Cc2ccc(-c3ccccc3)s2)CC12CCNC(=O)CC2. The molecule has 138 valence electrons. The van der Waals surface area contributed by atoms with Crippen LogP contribution in [0.4, 0.5) is 0 Å². The van der Waals surface area contributed by atoms with Gasteiger partial charge in [0.2, 0.25) is 5.91 Å². The first kappa shape index (κ1) is 17.7. The highest BCUT2D eigenvalue weighted by atomic mass is 32.1. The molecule has 1 spiro atoms. The highest BCUT2D eigenvalue weighted by molar-refractivity contribution is 7.15. The fourth-order valence-corrected chi connectivity index (χ4v) is 5.31. The van der Waals surface area contributed by atoms with Gasteiger partial charge in [-0.3, -0.25) is 14.6 Å². The number of amides is 1. The van der Waals surface area contributed by atoms with E-state index in [4.69, 9.17) is 0 Å². The average Bonchev–Trinajstić information content (AvgIpc) is 3.04. The van der Waals surface area contributed by atoms with Crippen molar-refractivity contribution in [3.05, 3.63) is 47.3 Å². The highest BCUT2D eigenvalue weighted by Gasteiger charge is 2.40. The Bertz CT molecular complexity index is 760. The topological polar surface area (TPSA) is 35.6 Å². The molecule has 0 bridgehead atoms. The Labute approximate surface area is 159 Å². The summed E-state index contributed by atoms with van der Waals surface area (Å²) in [5, 5.41) is 3.04. The molecule has 26 heavy (non-hydrogen) atoms. The fraction of sp³-hybridized carbons (Fsp3) is 0.476. The van der Waals surface area contributed by atoms with Crippen molar-refractivity contribution < 1.29 is 4.79 Å². The minimum Gasteiger partial charge on any atom is -0.356 e. The number of nitrogens with zero attached hydrogens (tertiary/aromatic N) is 2. The number of benzene rings is 1. The third kappa shape index (κ3) is 3.70. The van der Waals surface area contributed by atoms with Crippen LogP contribution in [0.2, 0.25) is 0 Å². The van der Waals surface area contributed by atoms with Gasteiger partial charge in [0.1, 0.15) is 0 Å². The molecule has 2 aromatic rings. The predicted molar refractivity (Wildman–Crippen MR) is 107 cm³/mol. The Morgan fingerprint density at radius 2 is 1.96 bits per heavy atom. The molecule has 4 nitrogen and oxygen atoms in total. The number of nitrogens with one attached hydrogen (secondary N) is 1. The molecule has 1 amide bonds. The summed E-state index contributed by atoms with van der Waals surface area (Å²) in [5.41, 5.74) is 1.43. The molecule has 1 atom stereocenters. The summed E-state index contributed by atoms with van der Waals surface area (Å²) in [6.07, 6.45) is 2.66. The van der Waals surface area contributed by atoms with Crippen molar-refractivity contribution in [2.24, 2.45) is 0 Å². The van der Waals surface area contributed by atoms with Crippen molar-refractivity contribution in [1.29, 1.82) is 0 Å². The van der Waals surface area contributed by atoms with Gasteiger partial charge in [0.25, 0.3) is 0 Å². The van der Waals surface area contributed by atoms with Gasteiger partial charge in [0.05, 0.1) is 0 Å². The maximum atomic E-state index is 11.8. The molecule has 2 fully saturated rings. The molecule has 1 aromatic heterocycles. The molecule has 1 unspecified atom stereocenters. The van der Waals surface area contributed by atoms with Crippen LogP contribution in [0.1, 0.15) is 24.1 Å². The van der Waals surface area contributed by atoms with E-state index in [-0.39, 0.29) is 11.4 Å². The number of hydrogen-bond acceptors (Lipinski definition) is 4. The maximum absolute atomic E-state index is 11.8. The molecule has 1 N–H and O–H groups in total. The molecule has 4 rings (SSSR count). The van der Waals surface area contributed by atoms with E-state index in [0.29, 0.717) is 6.42 Å². The second-order valence-electron chi connectivity index (χ2n) is 7.59. The standard InChI is InChI=1S/C21H27N3OS/c1-23-13-14-24(16-21(23)10-9-20(25)22-12-11-21)15-18-7-8-19(26-18)17-5-3-2-4-6-17/h2-8H,9-16H2,1H3,(H,22,25). The number of hydrogen-bond donors (Lipinski definition) is 1. The molecule has 2 saturated heterocycles. The maximum Gasteiger partial charge on any atom is 0.220 e. The second-order valence-corrected chi connectivity index (χ2v) is 8.76. The van der Waals surface area contributed by atoms with Gasteiger partial charge in [-0.05, 0) is 37.6 Å². The van der Waals surface area contributed by atoms with E-state index in [0.717, 1.165) is 45.6 Å². The van der Waals surface area contributed by atoms with Crippen LogP contribution in [0.5, 0.6) is 0 Å². The zero-order chi connectivity index (χ0) is 18.0. The largest absolute Gasteiger partial charge is 0.356 e. The molecule has 5 heteroatoms. The van der Waals surface area contributed by atoms with Crippen molar-refractivity contribution in [1.82, 2.24) is 15.1 Å². The number of likely N-dealkylation sites (N-methyl/N-ethyl adjacent to an activating group) is 1. The monoisotopic (exact) mass is 369 g/mol. The number of carbonyl (C=O) groups excluding carboxylic acids is 1. The van der Waals surface area contributed by atoms with Crippen molar-refractivity contribution >= 4 is 17.2 Å². The van der Waals surface area contributed by atoms with E-state index in [2.05, 4.69) is 64.6 Å². The summed E-state index contributed by atoms with van der Waals surface area (Å²) < 4.78 is 0. The lowest BCUT2D eigenvalue weighted by atomic mass is 9.86. The molecule has 0 aliphatic carbocycles. The predicted octanol–water partition coefficient (Wildman–Crippen LogP) is 3.20. The van der Waals surface area contributed by atoms with Gasteiger partial charge in [-0.25, -0.2) is 0 Å². The van der Waals surface area contributed by atoms with Gasteiger partial charge < -0.3 is 5.32 Å². The van der Waals surface area contributed by atoms with Crippen LogP contribution in [-0.2, 0) is 11.3 Å². The Morgan fingerprint density at radius 3 is 2.81 bits per heavy atom. The normalized spacial score (nSPS) is 25.2. The number of piperazine rings is 1. The van der Waals surface area contributed by atoms with E-state index >= 15 is 0 Å². The first-order valence-corrected chi connectivity index (χ1v) is 10.3. The summed E-state index contributed by atoms with van der Waals surface area (Å²) >= 11 is 1.90. The van der Waals surface area contributed by atoms with Gasteiger partial charge >= 0.3 is 0 Å². The van der Waals surface area contributed by atoms with Crippen LogP contribution in [0.25, 0.3) is 10.4 Å². The van der Waals surface area contributed by atoms with Crippen molar-refractivity contribution in [2.45, 2.75) is 31.3 Å². The Hall–Kier alpha value is -1.69. The lowest BCUT2D eigenvalue weighted by Gasteiger charge is -2.49. The van der Waals surface area contributed by atoms with E-state index in [1.165, 1.54) is 15.3 Å². The van der Waals surface area contributed by atoms with Crippen LogP contribution in [0.15, 0.2) is 42.5 Å². The summed E-state index contributed by atoms with van der Waals surface area (Å²) in [6, 6.07) is 15.1. The molecular weight excluding hydrogens is 342 g/mol. The molecule has 3 heterocycles. The molecule has 2 aliphatic rings. The molecule has 2 aliphatic heterocycles. The summed E-state index contributed by atoms with van der Waals surface area (Å²) in [6.45, 7) is 5.03. The molecular formula is C21H27N3OS. The van der Waals surface area contributed by atoms with Crippen LogP contribution in [0, 0.1) is 0 Å². The summed E-state index contributed by atoms with van der Waals surface area (Å²) in [4.78, 5) is 19.6. The lowest BCUT2D eigenvalue weighted by molar-refractivity contribution is -0.121. The van der Waals surface area contributed by atoms with Gasteiger partial charge in [-0.15, -0.1) is 11.3 Å². The van der Waals surface area contributed by atoms with Crippen molar-refractivity contribution in [3.8, 4) is 10.4 Å². The van der Waals surface area contributed by atoms with E-state index in [9.17, 15) is 4.79 Å². The number of carbonyl (C=O) groups is 1. The zero-order valence-electron chi connectivity index (χ0n) is 15.4. The van der Waals surface area contributed by atoms with Crippen LogP contribution in [0.3, 0.4) is 0 Å². The van der Waals surface area contributed by atoms with Gasteiger partial charge in [-0.2, -0.15) is 0 Å². The van der Waals surface area contributed by atoms with Gasteiger partial charge in [0.15, 0.2) is 0 Å². The third-order valence-corrected chi connectivity index (χ3v) is 7.03. The Balaban J connectivity index is 1.45. The molecule has 0 saturated carbocycles. The van der Waals surface area contributed by atoms with E-state index < -0.39 is 0 Å². The van der Waals surface area contributed by atoms with Crippen molar-refractivity contribution in [2.75, 3.05) is 33.2 Å². The lowest BCUT2D eigenvalue weighted by Crippen LogP contribution is -2.60. The average molecular weight is 370 g/mol. The quantitative estimate of drug-likeness (QED) is 0.902. The second kappa shape index (κ2) is 7.51. The first-order chi connectivity index (χ1) is 12.6. The minimum atomic E-state index is 0.136. The summed E-state index contributed by atoms with van der Waals surface area (Å²) in [5.74, 6) is 0.207. The fourth-order valence-electron chi connectivity index (χ4n) is 4.25. The van der Waals surface area contributed by atoms with E-state index in [1.807, 2.05) is 11.3 Å². The molecule has 0 radical (unpaired) electrons. The number of rotatable bonds is 3. The smallest absolute Gasteiger partial charge is 0.220 e. The van der Waals surface area contributed by atoms with Crippen LogP contribution >= 0.6 is 11.3 Å². The van der Waals surface area contributed by atoms with Crippen molar-refractivity contribution in [3.63, 3.8) is 0 Å². The number of thiophene rings is 1. The van der Waals surface area contributed by atoms with Gasteiger partial charge in [0, 0.05) is 54.4 Å². The Morgan fingerprint density at radius 1 is 1.12 bits per heavy atom. The zero-order valence-corrected chi connectivity index (χ0v) is 16.2. The summed E-state index contributed by atoms with van der Waals surface area (Å²) in [7, 11) is 2.23. The van der Waals surface area contributed by atoms with E-state index in [1.54, 1.807) is 0 Å². The third-order valence-electron chi connectivity index (χ3n) is 5.91.